The highest BCUT2D eigenvalue weighted by Gasteiger charge is 2.23. The van der Waals surface area contributed by atoms with Gasteiger partial charge >= 0.3 is 0 Å². The number of carbonyl (C=O) groups is 1. The molecule has 2 N–H and O–H groups in total. The maximum Gasteiger partial charge on any atom is 0.258 e. The van der Waals surface area contributed by atoms with Crippen molar-refractivity contribution in [1.82, 2.24) is 10.3 Å². The van der Waals surface area contributed by atoms with Crippen LogP contribution in [0, 0.1) is 6.92 Å². The third-order valence-corrected chi connectivity index (χ3v) is 6.37. The Labute approximate surface area is 204 Å². The lowest BCUT2D eigenvalue weighted by atomic mass is 9.91. The van der Waals surface area contributed by atoms with Crippen LogP contribution in [0.4, 0.5) is 5.82 Å². The highest BCUT2D eigenvalue weighted by Crippen LogP contribution is 2.27. The summed E-state index contributed by atoms with van der Waals surface area (Å²) in [6, 6.07) is 15.8. The number of ether oxygens (including phenoxy) is 1. The Kier molecular flexibility index (Phi) is 8.46. The molecule has 1 saturated carbocycles. The molecule has 4 rings (SSSR count). The average Bonchev–Trinajstić information content (AvgIpc) is 2.76. The zero-order chi connectivity index (χ0) is 21.8. The molecule has 5 nitrogen and oxygen atoms in total. The van der Waals surface area contributed by atoms with E-state index in [2.05, 4.69) is 29.7 Å². The molecule has 0 atom stereocenters. The van der Waals surface area contributed by atoms with Crippen molar-refractivity contribution in [1.29, 1.82) is 0 Å². The van der Waals surface area contributed by atoms with Gasteiger partial charge in [0.25, 0.3) is 5.91 Å². The fraction of sp³-hybridized carbons (Fsp3) is 0.333. The van der Waals surface area contributed by atoms with Gasteiger partial charge in [-0.3, -0.25) is 4.79 Å². The number of aromatic nitrogens is 1. The predicted octanol–water partition coefficient (Wildman–Crippen LogP) is 6.19. The number of nitrogens with zero attached hydrogens (tertiary/aromatic N) is 1. The Morgan fingerprint density at radius 1 is 1.03 bits per heavy atom. The number of amides is 1. The first-order chi connectivity index (χ1) is 15.0. The largest absolute Gasteiger partial charge is 0.484 e. The number of aryl methyl sites for hydroxylation is 1. The number of hydrogen-bond acceptors (Lipinski definition) is 4. The standard InChI is InChI=1S/C24H25Cl2N3O2.ClH/c1-15-12-23(29-22-5-3-2-4-19(15)22)27-16-6-8-17(9-7-16)28-24(30)14-31-18-10-11-20(25)21(26)13-18;/h2-5,10-13,16-17H,6-9,14H2,1H3,(H,27,29)(H,28,30);1H/t16-,17+;. The summed E-state index contributed by atoms with van der Waals surface area (Å²) in [6.45, 7) is 2.07. The molecule has 0 spiro atoms. The van der Waals surface area contributed by atoms with Gasteiger partial charge in [0, 0.05) is 23.5 Å². The van der Waals surface area contributed by atoms with Crippen LogP contribution in [0.2, 0.25) is 10.0 Å². The zero-order valence-electron chi connectivity index (χ0n) is 17.7. The van der Waals surface area contributed by atoms with Gasteiger partial charge in [-0.2, -0.15) is 0 Å². The number of anilines is 1. The second-order valence-corrected chi connectivity index (χ2v) is 8.78. The summed E-state index contributed by atoms with van der Waals surface area (Å²) in [7, 11) is 0. The van der Waals surface area contributed by atoms with Crippen molar-refractivity contribution >= 4 is 58.2 Å². The molecule has 1 aliphatic carbocycles. The first-order valence-electron chi connectivity index (χ1n) is 10.5. The lowest BCUT2D eigenvalue weighted by Gasteiger charge is -2.30. The average molecular weight is 495 g/mol. The topological polar surface area (TPSA) is 63.2 Å². The molecule has 0 unspecified atom stereocenters. The Balaban J connectivity index is 0.00000289. The van der Waals surface area contributed by atoms with E-state index in [1.807, 2.05) is 18.2 Å². The van der Waals surface area contributed by atoms with E-state index in [9.17, 15) is 4.79 Å². The normalized spacial score (nSPS) is 18.0. The first kappa shape index (κ1) is 24.4. The monoisotopic (exact) mass is 493 g/mol. The quantitative estimate of drug-likeness (QED) is 0.429. The smallest absolute Gasteiger partial charge is 0.258 e. The third-order valence-electron chi connectivity index (χ3n) is 5.63. The molecule has 8 heteroatoms. The minimum absolute atomic E-state index is 0. The van der Waals surface area contributed by atoms with E-state index in [1.54, 1.807) is 18.2 Å². The van der Waals surface area contributed by atoms with Crippen LogP contribution in [-0.2, 0) is 4.79 Å². The maximum absolute atomic E-state index is 12.3. The van der Waals surface area contributed by atoms with E-state index >= 15 is 0 Å². The van der Waals surface area contributed by atoms with Crippen LogP contribution in [0.1, 0.15) is 31.2 Å². The molecular weight excluding hydrogens is 469 g/mol. The molecule has 1 aliphatic rings. The second-order valence-electron chi connectivity index (χ2n) is 7.97. The highest BCUT2D eigenvalue weighted by molar-refractivity contribution is 6.42. The molecule has 0 aliphatic heterocycles. The van der Waals surface area contributed by atoms with Crippen LogP contribution in [0.15, 0.2) is 48.5 Å². The number of carbonyl (C=O) groups excluding carboxylic acids is 1. The van der Waals surface area contributed by atoms with E-state index in [0.29, 0.717) is 21.8 Å². The van der Waals surface area contributed by atoms with Crippen molar-refractivity contribution in [3.8, 4) is 5.75 Å². The molecule has 1 aromatic heterocycles. The lowest BCUT2D eigenvalue weighted by molar-refractivity contribution is -0.124. The molecule has 1 heterocycles. The van der Waals surface area contributed by atoms with Crippen molar-refractivity contribution in [2.24, 2.45) is 0 Å². The van der Waals surface area contributed by atoms with Crippen LogP contribution in [0.25, 0.3) is 10.9 Å². The van der Waals surface area contributed by atoms with Crippen molar-refractivity contribution in [3.63, 3.8) is 0 Å². The highest BCUT2D eigenvalue weighted by atomic mass is 35.5. The van der Waals surface area contributed by atoms with Crippen molar-refractivity contribution < 1.29 is 9.53 Å². The van der Waals surface area contributed by atoms with Crippen molar-refractivity contribution in [2.75, 3.05) is 11.9 Å². The summed E-state index contributed by atoms with van der Waals surface area (Å²) in [6.07, 6.45) is 3.80. The van der Waals surface area contributed by atoms with Gasteiger partial charge in [-0.1, -0.05) is 41.4 Å². The molecule has 0 radical (unpaired) electrons. The summed E-state index contributed by atoms with van der Waals surface area (Å²) >= 11 is 11.9. The van der Waals surface area contributed by atoms with E-state index in [0.717, 1.165) is 37.0 Å². The van der Waals surface area contributed by atoms with E-state index in [1.165, 1.54) is 10.9 Å². The molecular formula is C24H26Cl3N3O2. The van der Waals surface area contributed by atoms with Gasteiger partial charge in [0.1, 0.15) is 11.6 Å². The van der Waals surface area contributed by atoms with Crippen LogP contribution in [0.5, 0.6) is 5.75 Å². The fourth-order valence-electron chi connectivity index (χ4n) is 4.00. The van der Waals surface area contributed by atoms with Crippen LogP contribution in [0.3, 0.4) is 0 Å². The maximum atomic E-state index is 12.3. The molecule has 1 amide bonds. The van der Waals surface area contributed by atoms with Gasteiger partial charge in [-0.25, -0.2) is 4.98 Å². The van der Waals surface area contributed by atoms with Gasteiger partial charge in [-0.15, -0.1) is 12.4 Å². The summed E-state index contributed by atoms with van der Waals surface area (Å²) in [5.74, 6) is 1.31. The van der Waals surface area contributed by atoms with Crippen LogP contribution >= 0.6 is 35.6 Å². The molecule has 0 bridgehead atoms. The van der Waals surface area contributed by atoms with Gasteiger partial charge in [-0.05, 0) is 62.4 Å². The Morgan fingerprint density at radius 2 is 1.75 bits per heavy atom. The van der Waals surface area contributed by atoms with Gasteiger partial charge in [0.2, 0.25) is 0 Å². The second kappa shape index (κ2) is 11.1. The number of rotatable bonds is 6. The Hall–Kier alpha value is -2.21. The van der Waals surface area contributed by atoms with Gasteiger partial charge in [0.15, 0.2) is 6.61 Å². The minimum atomic E-state index is -0.130. The van der Waals surface area contributed by atoms with Crippen molar-refractivity contribution in [3.05, 3.63) is 64.1 Å². The number of pyridine rings is 1. The number of hydrogen-bond donors (Lipinski definition) is 2. The van der Waals surface area contributed by atoms with Gasteiger partial charge in [0.05, 0.1) is 15.6 Å². The minimum Gasteiger partial charge on any atom is -0.484 e. The molecule has 0 saturated heterocycles. The zero-order valence-corrected chi connectivity index (χ0v) is 20.1. The number of para-hydroxylation sites is 1. The summed E-state index contributed by atoms with van der Waals surface area (Å²) in [5.41, 5.74) is 2.23. The van der Waals surface area contributed by atoms with Crippen molar-refractivity contribution in [2.45, 2.75) is 44.7 Å². The summed E-state index contributed by atoms with van der Waals surface area (Å²) < 4.78 is 5.52. The fourth-order valence-corrected chi connectivity index (χ4v) is 4.29. The molecule has 32 heavy (non-hydrogen) atoms. The number of nitrogens with one attached hydrogen (secondary N) is 2. The van der Waals surface area contributed by atoms with Crippen LogP contribution in [-0.4, -0.2) is 29.6 Å². The van der Waals surface area contributed by atoms with E-state index in [-0.39, 0.29) is 31.0 Å². The molecule has 2 aromatic carbocycles. The first-order valence-corrected chi connectivity index (χ1v) is 11.2. The van der Waals surface area contributed by atoms with Crippen LogP contribution < -0.4 is 15.4 Å². The number of halogens is 3. The Morgan fingerprint density at radius 3 is 2.50 bits per heavy atom. The molecule has 1 fully saturated rings. The lowest BCUT2D eigenvalue weighted by Crippen LogP contribution is -2.42. The molecule has 3 aromatic rings. The van der Waals surface area contributed by atoms with E-state index in [4.69, 9.17) is 32.9 Å². The Bertz CT molecular complexity index is 1090. The predicted molar refractivity (Wildman–Crippen MR) is 133 cm³/mol. The summed E-state index contributed by atoms with van der Waals surface area (Å²) in [4.78, 5) is 17.0. The van der Waals surface area contributed by atoms with E-state index < -0.39 is 0 Å². The SMILES string of the molecule is Cc1cc(N[C@H]2CC[C@@H](NC(=O)COc3ccc(Cl)c(Cl)c3)CC2)nc2ccccc12.Cl. The van der Waals surface area contributed by atoms with Gasteiger partial charge < -0.3 is 15.4 Å². The molecule has 170 valence electrons. The number of benzene rings is 2. The summed E-state index contributed by atoms with van der Waals surface area (Å²) in [5, 5.41) is 8.68. The third kappa shape index (κ3) is 6.18. The number of fused-ring (bicyclic) bond motifs is 1.